The van der Waals surface area contributed by atoms with Crippen LogP contribution in [0.3, 0.4) is 0 Å². The van der Waals surface area contributed by atoms with E-state index in [-0.39, 0.29) is 28.5 Å². The molecule has 5 aromatic rings. The Morgan fingerprint density at radius 2 is 1.86 bits per heavy atom. The van der Waals surface area contributed by atoms with E-state index in [2.05, 4.69) is 37.4 Å². The second-order valence-electron chi connectivity index (χ2n) is 8.11. The maximum absolute atomic E-state index is 13.2. The summed E-state index contributed by atoms with van der Waals surface area (Å²) >= 11 is 0. The van der Waals surface area contributed by atoms with Crippen molar-refractivity contribution in [2.24, 2.45) is 10.2 Å². The Labute approximate surface area is 212 Å². The third-order valence-corrected chi connectivity index (χ3v) is 5.82. The number of aryl methyl sites for hydroxylation is 1. The molecule has 1 amide bonds. The second kappa shape index (κ2) is 10.1. The van der Waals surface area contributed by atoms with Crippen LogP contribution in [0, 0.1) is 6.57 Å². The summed E-state index contributed by atoms with van der Waals surface area (Å²) in [7, 11) is 0. The average molecular weight is 488 g/mol. The lowest BCUT2D eigenvalue weighted by molar-refractivity contribution is 0.102. The Hall–Kier alpha value is -5.36. The Bertz CT molecular complexity index is 1670. The molecule has 0 aliphatic carbocycles. The predicted molar refractivity (Wildman–Crippen MR) is 141 cm³/mol. The molecule has 0 aliphatic heterocycles. The van der Waals surface area contributed by atoms with Crippen molar-refractivity contribution < 1.29 is 9.90 Å². The molecule has 2 N–H and O–H groups in total. The van der Waals surface area contributed by atoms with Gasteiger partial charge >= 0.3 is 0 Å². The third kappa shape index (κ3) is 4.63. The summed E-state index contributed by atoms with van der Waals surface area (Å²) in [6.07, 6.45) is 3.87. The average Bonchev–Trinajstić information content (AvgIpc) is 3.36. The van der Waals surface area contributed by atoms with E-state index in [4.69, 9.17) is 6.57 Å². The first kappa shape index (κ1) is 23.4. The van der Waals surface area contributed by atoms with Crippen molar-refractivity contribution in [3.05, 3.63) is 108 Å². The molecular formula is C28H21N7O2. The smallest absolute Gasteiger partial charge is 0.259 e. The number of carbonyl (C=O) groups excluding carboxylic acids is 1. The van der Waals surface area contributed by atoms with Crippen LogP contribution in [0.15, 0.2) is 95.4 Å². The van der Waals surface area contributed by atoms with E-state index in [1.807, 2.05) is 36.4 Å². The van der Waals surface area contributed by atoms with Crippen molar-refractivity contribution in [3.8, 4) is 11.6 Å². The Morgan fingerprint density at radius 1 is 1.08 bits per heavy atom. The van der Waals surface area contributed by atoms with Gasteiger partial charge in [-0.1, -0.05) is 49.4 Å². The molecule has 0 atom stereocenters. The maximum Gasteiger partial charge on any atom is 0.259 e. The van der Waals surface area contributed by atoms with E-state index < -0.39 is 5.91 Å². The lowest BCUT2D eigenvalue weighted by Gasteiger charge is -2.11. The summed E-state index contributed by atoms with van der Waals surface area (Å²) in [5.41, 5.74) is 2.09. The standard InChI is InChI=1S/C28H21N7O2/c1-3-18-11-13-20(14-12-18)32-28(37)22-16-19-8-4-5-9-21(19)25(26(22)36)33-34-27-23(29-2)17-31-35(27)24-10-6-7-15-30-24/h4-17,36H,3H2,1H3,(H,32,37)/b34-33+. The van der Waals surface area contributed by atoms with Crippen molar-refractivity contribution in [2.45, 2.75) is 13.3 Å². The number of nitrogens with zero attached hydrogens (tertiary/aromatic N) is 6. The third-order valence-electron chi connectivity index (χ3n) is 5.82. The topological polar surface area (TPSA) is 109 Å². The van der Waals surface area contributed by atoms with Gasteiger partial charge in [0.25, 0.3) is 11.6 Å². The van der Waals surface area contributed by atoms with Crippen LogP contribution in [0.25, 0.3) is 21.4 Å². The minimum Gasteiger partial charge on any atom is -0.505 e. The van der Waals surface area contributed by atoms with Crippen LogP contribution >= 0.6 is 0 Å². The number of aromatic hydroxyl groups is 1. The number of amides is 1. The number of rotatable bonds is 6. The largest absolute Gasteiger partial charge is 0.505 e. The van der Waals surface area contributed by atoms with Crippen molar-refractivity contribution >= 4 is 39.6 Å². The Balaban J connectivity index is 1.58. The highest BCUT2D eigenvalue weighted by Gasteiger charge is 2.20. The lowest BCUT2D eigenvalue weighted by atomic mass is 10.0. The van der Waals surface area contributed by atoms with Gasteiger partial charge in [0, 0.05) is 17.3 Å². The fraction of sp³-hybridized carbons (Fsp3) is 0.0714. The zero-order chi connectivity index (χ0) is 25.8. The molecule has 9 nitrogen and oxygen atoms in total. The van der Waals surface area contributed by atoms with Gasteiger partial charge in [0.2, 0.25) is 0 Å². The summed E-state index contributed by atoms with van der Waals surface area (Å²) < 4.78 is 1.40. The van der Waals surface area contributed by atoms with Gasteiger partial charge in [0.05, 0.1) is 18.3 Å². The van der Waals surface area contributed by atoms with Gasteiger partial charge < -0.3 is 10.4 Å². The van der Waals surface area contributed by atoms with E-state index in [0.29, 0.717) is 22.3 Å². The predicted octanol–water partition coefficient (Wildman–Crippen LogP) is 6.91. The molecule has 180 valence electrons. The Morgan fingerprint density at radius 3 is 2.59 bits per heavy atom. The molecule has 2 aromatic heterocycles. The molecule has 5 rings (SSSR count). The van der Waals surface area contributed by atoms with Crippen LogP contribution in [0.5, 0.6) is 5.75 Å². The number of nitrogens with one attached hydrogen (secondary N) is 1. The van der Waals surface area contributed by atoms with Gasteiger partial charge in [0.15, 0.2) is 17.4 Å². The molecule has 0 fully saturated rings. The summed E-state index contributed by atoms with van der Waals surface area (Å²) in [5, 5.41) is 28.1. The molecule has 3 aromatic carbocycles. The van der Waals surface area contributed by atoms with E-state index in [9.17, 15) is 9.90 Å². The lowest BCUT2D eigenvalue weighted by Crippen LogP contribution is -2.12. The van der Waals surface area contributed by atoms with Crippen LogP contribution < -0.4 is 5.32 Å². The summed E-state index contributed by atoms with van der Waals surface area (Å²) in [4.78, 5) is 20.9. The fourth-order valence-electron chi connectivity index (χ4n) is 3.86. The van der Waals surface area contributed by atoms with Crippen molar-refractivity contribution in [1.82, 2.24) is 14.8 Å². The first-order chi connectivity index (χ1) is 18.1. The number of pyridine rings is 1. The fourth-order valence-corrected chi connectivity index (χ4v) is 3.86. The summed E-state index contributed by atoms with van der Waals surface area (Å²) in [6.45, 7) is 9.54. The molecule has 0 saturated carbocycles. The molecule has 9 heteroatoms. The highest BCUT2D eigenvalue weighted by Crippen LogP contribution is 2.40. The Kier molecular flexibility index (Phi) is 6.38. The van der Waals surface area contributed by atoms with E-state index in [1.54, 1.807) is 42.6 Å². The van der Waals surface area contributed by atoms with Gasteiger partial charge in [-0.25, -0.2) is 14.5 Å². The van der Waals surface area contributed by atoms with Crippen molar-refractivity contribution in [3.63, 3.8) is 0 Å². The highest BCUT2D eigenvalue weighted by molar-refractivity contribution is 6.11. The number of anilines is 1. The molecule has 0 radical (unpaired) electrons. The number of hydrogen-bond acceptors (Lipinski definition) is 6. The SMILES string of the molecule is [C-]#[N+]c1cnn(-c2ccccn2)c1/N=N/c1c(O)c(C(=O)Nc2ccc(CC)cc2)cc2ccccc12. The number of azo groups is 1. The zero-order valence-corrected chi connectivity index (χ0v) is 19.8. The van der Waals surface area contributed by atoms with Crippen LogP contribution in [0.4, 0.5) is 22.9 Å². The first-order valence-corrected chi connectivity index (χ1v) is 11.5. The molecular weight excluding hydrogens is 466 g/mol. The van der Waals surface area contributed by atoms with Crippen LogP contribution in [-0.2, 0) is 6.42 Å². The van der Waals surface area contributed by atoms with Crippen LogP contribution in [-0.4, -0.2) is 25.8 Å². The van der Waals surface area contributed by atoms with Gasteiger partial charge in [-0.15, -0.1) is 10.2 Å². The van der Waals surface area contributed by atoms with Gasteiger partial charge in [-0.3, -0.25) is 4.79 Å². The van der Waals surface area contributed by atoms with E-state index in [0.717, 1.165) is 12.0 Å². The van der Waals surface area contributed by atoms with E-state index in [1.165, 1.54) is 10.9 Å². The first-order valence-electron chi connectivity index (χ1n) is 11.5. The molecule has 0 bridgehead atoms. The number of fused-ring (bicyclic) bond motifs is 1. The highest BCUT2D eigenvalue weighted by atomic mass is 16.3. The van der Waals surface area contributed by atoms with Crippen molar-refractivity contribution in [1.29, 1.82) is 0 Å². The minimum absolute atomic E-state index is 0.0517. The molecule has 0 aliphatic rings. The number of phenols is 1. The maximum atomic E-state index is 13.2. The molecule has 0 unspecified atom stereocenters. The molecule has 0 saturated heterocycles. The number of aromatic nitrogens is 3. The summed E-state index contributed by atoms with van der Waals surface area (Å²) in [6, 6.07) is 21.7. The number of benzene rings is 3. The number of hydrogen-bond donors (Lipinski definition) is 2. The van der Waals surface area contributed by atoms with Crippen LogP contribution in [0.1, 0.15) is 22.8 Å². The molecule has 0 spiro atoms. The van der Waals surface area contributed by atoms with Crippen LogP contribution in [0.2, 0.25) is 0 Å². The number of phenolic OH excluding ortho intramolecular Hbond substituents is 1. The quantitative estimate of drug-likeness (QED) is 0.200. The molecule has 37 heavy (non-hydrogen) atoms. The van der Waals surface area contributed by atoms with Crippen molar-refractivity contribution in [2.75, 3.05) is 5.32 Å². The monoisotopic (exact) mass is 487 g/mol. The van der Waals surface area contributed by atoms with Gasteiger partial charge in [0.1, 0.15) is 5.69 Å². The normalized spacial score (nSPS) is 11.0. The summed E-state index contributed by atoms with van der Waals surface area (Å²) in [5.74, 6) is -0.187. The zero-order valence-electron chi connectivity index (χ0n) is 19.8. The van der Waals surface area contributed by atoms with E-state index >= 15 is 0 Å². The minimum atomic E-state index is -0.482. The van der Waals surface area contributed by atoms with Gasteiger partial charge in [-0.05, 0) is 47.7 Å². The molecule has 2 heterocycles. The second-order valence-corrected chi connectivity index (χ2v) is 8.11. The number of carbonyl (C=O) groups is 1. The van der Waals surface area contributed by atoms with Gasteiger partial charge in [-0.2, -0.15) is 5.10 Å².